The van der Waals surface area contributed by atoms with Crippen molar-refractivity contribution < 1.29 is 4.79 Å². The molecule has 1 aromatic carbocycles. The molecule has 1 aliphatic rings. The average Bonchev–Trinajstić information content (AvgIpc) is 2.43. The zero-order valence-electron chi connectivity index (χ0n) is 11.7. The Balaban J connectivity index is 1.99. The molecule has 0 fully saturated rings. The normalized spacial score (nSPS) is 19.9. The minimum absolute atomic E-state index is 0.152. The van der Waals surface area contributed by atoms with E-state index in [1.54, 1.807) is 0 Å². The van der Waals surface area contributed by atoms with Crippen LogP contribution in [0.4, 0.5) is 0 Å². The molecule has 19 heavy (non-hydrogen) atoms. The molecule has 104 valence electrons. The summed E-state index contributed by atoms with van der Waals surface area (Å²) >= 11 is 2.35. The first kappa shape index (κ1) is 14.8. The zero-order chi connectivity index (χ0) is 13.8. The number of halogens is 1. The van der Waals surface area contributed by atoms with Crippen molar-refractivity contribution in [3.8, 4) is 0 Å². The van der Waals surface area contributed by atoms with Crippen molar-refractivity contribution in [3.05, 3.63) is 35.4 Å². The fourth-order valence-corrected chi connectivity index (χ4v) is 3.84. The number of alkyl halides is 1. The highest BCUT2D eigenvalue weighted by molar-refractivity contribution is 14.1. The van der Waals surface area contributed by atoms with Crippen LogP contribution in [0.15, 0.2) is 24.3 Å². The van der Waals surface area contributed by atoms with Crippen LogP contribution in [0.3, 0.4) is 0 Å². The second-order valence-corrected chi connectivity index (χ2v) is 6.60. The maximum Gasteiger partial charge on any atom is 0.223 e. The summed E-state index contributed by atoms with van der Waals surface area (Å²) in [4.78, 5) is 12.4. The van der Waals surface area contributed by atoms with Crippen molar-refractivity contribution >= 4 is 28.5 Å². The van der Waals surface area contributed by atoms with Crippen LogP contribution in [0.5, 0.6) is 0 Å². The van der Waals surface area contributed by atoms with Gasteiger partial charge in [-0.3, -0.25) is 4.79 Å². The van der Waals surface area contributed by atoms with Crippen LogP contribution in [0.1, 0.15) is 31.4 Å². The van der Waals surface area contributed by atoms with Gasteiger partial charge in [-0.1, -0.05) is 60.7 Å². The third-order valence-corrected chi connectivity index (χ3v) is 4.97. The van der Waals surface area contributed by atoms with E-state index in [-0.39, 0.29) is 11.8 Å². The zero-order valence-corrected chi connectivity index (χ0v) is 13.8. The lowest BCUT2D eigenvalue weighted by Crippen LogP contribution is -2.44. The molecular formula is C16H22INO. The van der Waals surface area contributed by atoms with Gasteiger partial charge in [-0.05, 0) is 36.3 Å². The Morgan fingerprint density at radius 3 is 2.68 bits per heavy atom. The summed E-state index contributed by atoms with van der Waals surface area (Å²) in [6.45, 7) is 4.33. The van der Waals surface area contributed by atoms with Crippen LogP contribution in [0, 0.1) is 11.8 Å². The van der Waals surface area contributed by atoms with Crippen LogP contribution < -0.4 is 5.32 Å². The van der Waals surface area contributed by atoms with Gasteiger partial charge in [0.2, 0.25) is 5.91 Å². The fraction of sp³-hybridized carbons (Fsp3) is 0.562. The van der Waals surface area contributed by atoms with Crippen molar-refractivity contribution in [1.29, 1.82) is 0 Å². The Bertz CT molecular complexity index is 444. The van der Waals surface area contributed by atoms with E-state index >= 15 is 0 Å². The minimum atomic E-state index is 0.152. The first-order valence-corrected chi connectivity index (χ1v) is 8.57. The van der Waals surface area contributed by atoms with Crippen LogP contribution in [0.2, 0.25) is 0 Å². The molecule has 0 saturated heterocycles. The highest BCUT2D eigenvalue weighted by Gasteiger charge is 2.26. The molecule has 2 atom stereocenters. The number of aryl methyl sites for hydroxylation is 1. The highest BCUT2D eigenvalue weighted by atomic mass is 127. The minimum Gasteiger partial charge on any atom is -0.352 e. The van der Waals surface area contributed by atoms with Gasteiger partial charge in [-0.15, -0.1) is 0 Å². The third-order valence-electron chi connectivity index (χ3n) is 4.02. The number of benzene rings is 1. The van der Waals surface area contributed by atoms with Gasteiger partial charge in [0, 0.05) is 16.4 Å². The summed E-state index contributed by atoms with van der Waals surface area (Å²) in [6.07, 6.45) is 2.91. The van der Waals surface area contributed by atoms with E-state index in [1.807, 2.05) is 0 Å². The Morgan fingerprint density at radius 1 is 1.37 bits per heavy atom. The monoisotopic (exact) mass is 371 g/mol. The number of hydrogen-bond donors (Lipinski definition) is 1. The maximum atomic E-state index is 12.4. The molecule has 0 saturated carbocycles. The van der Waals surface area contributed by atoms with Crippen LogP contribution in [0.25, 0.3) is 0 Å². The molecule has 0 heterocycles. The van der Waals surface area contributed by atoms with E-state index in [4.69, 9.17) is 0 Å². The van der Waals surface area contributed by atoms with Crippen molar-refractivity contribution in [1.82, 2.24) is 5.32 Å². The lowest BCUT2D eigenvalue weighted by molar-refractivity contribution is -0.126. The van der Waals surface area contributed by atoms with E-state index in [9.17, 15) is 4.79 Å². The molecule has 0 aliphatic heterocycles. The van der Waals surface area contributed by atoms with Gasteiger partial charge in [0.1, 0.15) is 0 Å². The highest BCUT2D eigenvalue weighted by Crippen LogP contribution is 2.25. The Labute approximate surface area is 129 Å². The molecule has 1 aliphatic carbocycles. The van der Waals surface area contributed by atoms with Gasteiger partial charge < -0.3 is 5.32 Å². The van der Waals surface area contributed by atoms with Gasteiger partial charge in [-0.2, -0.15) is 0 Å². The first-order valence-electron chi connectivity index (χ1n) is 7.05. The summed E-state index contributed by atoms with van der Waals surface area (Å²) in [6, 6.07) is 8.80. The third kappa shape index (κ3) is 3.71. The van der Waals surface area contributed by atoms with Gasteiger partial charge >= 0.3 is 0 Å². The van der Waals surface area contributed by atoms with E-state index in [2.05, 4.69) is 66.0 Å². The fourth-order valence-electron chi connectivity index (χ4n) is 2.61. The molecular weight excluding hydrogens is 349 g/mol. The van der Waals surface area contributed by atoms with Crippen molar-refractivity contribution in [3.63, 3.8) is 0 Å². The van der Waals surface area contributed by atoms with Gasteiger partial charge in [0.25, 0.3) is 0 Å². The summed E-state index contributed by atoms with van der Waals surface area (Å²) in [5.74, 6) is 0.890. The maximum absolute atomic E-state index is 12.4. The number of hydrogen-bond acceptors (Lipinski definition) is 1. The molecule has 2 rings (SSSR count). The van der Waals surface area contributed by atoms with E-state index in [1.165, 1.54) is 11.1 Å². The van der Waals surface area contributed by atoms with Crippen molar-refractivity contribution in [2.75, 3.05) is 4.43 Å². The summed E-state index contributed by atoms with van der Waals surface area (Å²) in [5, 5.41) is 3.22. The topological polar surface area (TPSA) is 29.1 Å². The van der Waals surface area contributed by atoms with E-state index < -0.39 is 0 Å². The molecule has 0 spiro atoms. The predicted molar refractivity (Wildman–Crippen MR) is 87.6 cm³/mol. The Morgan fingerprint density at radius 2 is 2.05 bits per heavy atom. The molecule has 1 amide bonds. The average molecular weight is 371 g/mol. The Kier molecular flexibility index (Phi) is 5.25. The SMILES string of the molecule is CC(C)C(CI)NC(=O)C1CCc2ccccc2C1. The molecule has 3 heteroatoms. The van der Waals surface area contributed by atoms with Gasteiger partial charge in [0.15, 0.2) is 0 Å². The lowest BCUT2D eigenvalue weighted by Gasteiger charge is -2.27. The largest absolute Gasteiger partial charge is 0.352 e. The summed E-state index contributed by atoms with van der Waals surface area (Å²) < 4.78 is 0.977. The van der Waals surface area contributed by atoms with E-state index in [0.29, 0.717) is 12.0 Å². The predicted octanol–water partition coefficient (Wildman–Crippen LogP) is 3.37. The molecule has 0 aromatic heterocycles. The number of carbonyl (C=O) groups excluding carboxylic acids is 1. The molecule has 2 unspecified atom stereocenters. The first-order chi connectivity index (χ1) is 9.11. The molecule has 0 bridgehead atoms. The molecule has 1 N–H and O–H groups in total. The number of fused-ring (bicyclic) bond motifs is 1. The summed E-state index contributed by atoms with van der Waals surface area (Å²) in [5.41, 5.74) is 2.77. The number of rotatable bonds is 4. The number of nitrogens with one attached hydrogen (secondary N) is 1. The Hall–Kier alpha value is -0.580. The van der Waals surface area contributed by atoms with Crippen molar-refractivity contribution in [2.24, 2.45) is 11.8 Å². The van der Waals surface area contributed by atoms with E-state index in [0.717, 1.165) is 23.7 Å². The quantitative estimate of drug-likeness (QED) is 0.638. The number of carbonyl (C=O) groups is 1. The van der Waals surface area contributed by atoms with Gasteiger partial charge in [0.05, 0.1) is 0 Å². The van der Waals surface area contributed by atoms with Crippen LogP contribution in [-0.2, 0) is 17.6 Å². The van der Waals surface area contributed by atoms with Crippen molar-refractivity contribution in [2.45, 2.75) is 39.2 Å². The molecule has 0 radical (unpaired) electrons. The smallest absolute Gasteiger partial charge is 0.223 e. The second-order valence-electron chi connectivity index (χ2n) is 5.72. The standard InChI is InChI=1S/C16H22INO/c1-11(2)15(10-17)18-16(19)14-8-7-12-5-3-4-6-13(12)9-14/h3-6,11,14-15H,7-10H2,1-2H3,(H,18,19). The van der Waals surface area contributed by atoms with Crippen LogP contribution >= 0.6 is 22.6 Å². The second kappa shape index (κ2) is 6.73. The van der Waals surface area contributed by atoms with Crippen LogP contribution in [-0.4, -0.2) is 16.4 Å². The molecule has 2 nitrogen and oxygen atoms in total. The number of amides is 1. The molecule has 1 aromatic rings. The van der Waals surface area contributed by atoms with Gasteiger partial charge in [-0.25, -0.2) is 0 Å². The summed E-state index contributed by atoms with van der Waals surface area (Å²) in [7, 11) is 0. The lowest BCUT2D eigenvalue weighted by atomic mass is 9.83.